The van der Waals surface area contributed by atoms with Crippen LogP contribution in [0.25, 0.3) is 16.9 Å². The van der Waals surface area contributed by atoms with E-state index in [0.717, 1.165) is 11.3 Å². The molecule has 0 spiro atoms. The molecule has 0 aliphatic rings. The van der Waals surface area contributed by atoms with Crippen molar-refractivity contribution < 1.29 is 0 Å². The fraction of sp³-hybridized carbons (Fsp3) is 0.0714. The Kier molecular flexibility index (Phi) is 3.95. The van der Waals surface area contributed by atoms with E-state index in [1.54, 1.807) is 35.3 Å². The normalized spacial score (nSPS) is 10.9. The molecular formula is C14H10Cl3N5. The van der Waals surface area contributed by atoms with Crippen LogP contribution >= 0.6 is 34.8 Å². The average molecular weight is 355 g/mol. The van der Waals surface area contributed by atoms with Crippen molar-refractivity contribution in [1.82, 2.24) is 19.7 Å². The molecule has 8 heteroatoms. The van der Waals surface area contributed by atoms with Gasteiger partial charge in [-0.25, -0.2) is 14.6 Å². The fourth-order valence-electron chi connectivity index (χ4n) is 2.15. The van der Waals surface area contributed by atoms with Gasteiger partial charge in [-0.05, 0) is 25.1 Å². The van der Waals surface area contributed by atoms with E-state index in [9.17, 15) is 0 Å². The van der Waals surface area contributed by atoms with E-state index in [0.29, 0.717) is 26.4 Å². The Morgan fingerprint density at radius 1 is 1.14 bits per heavy atom. The predicted octanol–water partition coefficient (Wildman–Crippen LogP) is 4.18. The SMILES string of the molecule is Cc1c(-c2ccnc(N)n2)cnn1-c1c(Cl)cc(Cl)cc1Cl. The van der Waals surface area contributed by atoms with E-state index in [-0.39, 0.29) is 5.95 Å². The summed E-state index contributed by atoms with van der Waals surface area (Å²) in [7, 11) is 0. The second-order valence-electron chi connectivity index (χ2n) is 4.57. The molecule has 0 amide bonds. The standard InChI is InChI=1S/C14H10Cl3N5/c1-7-9(12-2-3-19-14(18)21-12)6-20-22(7)13-10(16)4-8(15)5-11(13)17/h2-6H,1H3,(H2,18,19,21). The molecule has 0 fully saturated rings. The third kappa shape index (κ3) is 2.63. The number of aromatic nitrogens is 4. The lowest BCUT2D eigenvalue weighted by Crippen LogP contribution is -2.01. The molecule has 22 heavy (non-hydrogen) atoms. The molecule has 5 nitrogen and oxygen atoms in total. The number of rotatable bonds is 2. The van der Waals surface area contributed by atoms with Crippen molar-refractivity contribution in [2.75, 3.05) is 5.73 Å². The van der Waals surface area contributed by atoms with Gasteiger partial charge in [-0.2, -0.15) is 5.10 Å². The number of hydrogen-bond acceptors (Lipinski definition) is 4. The average Bonchev–Trinajstić information content (AvgIpc) is 2.80. The lowest BCUT2D eigenvalue weighted by atomic mass is 10.2. The van der Waals surface area contributed by atoms with Crippen LogP contribution in [0.5, 0.6) is 0 Å². The molecule has 0 atom stereocenters. The number of benzene rings is 1. The van der Waals surface area contributed by atoms with Gasteiger partial charge in [0.05, 0.1) is 27.6 Å². The summed E-state index contributed by atoms with van der Waals surface area (Å²) >= 11 is 18.4. The van der Waals surface area contributed by atoms with Gasteiger partial charge in [0.15, 0.2) is 0 Å². The number of anilines is 1. The van der Waals surface area contributed by atoms with Gasteiger partial charge >= 0.3 is 0 Å². The molecule has 0 saturated carbocycles. The van der Waals surface area contributed by atoms with Crippen LogP contribution in [0.4, 0.5) is 5.95 Å². The largest absolute Gasteiger partial charge is 0.368 e. The quantitative estimate of drug-likeness (QED) is 0.749. The molecular weight excluding hydrogens is 345 g/mol. The summed E-state index contributed by atoms with van der Waals surface area (Å²) in [6.07, 6.45) is 3.27. The maximum absolute atomic E-state index is 6.25. The third-order valence-corrected chi connectivity index (χ3v) is 3.95. The fourth-order valence-corrected chi connectivity index (χ4v) is 3.12. The summed E-state index contributed by atoms with van der Waals surface area (Å²) in [5.41, 5.74) is 8.51. The van der Waals surface area contributed by atoms with Gasteiger partial charge < -0.3 is 5.73 Å². The van der Waals surface area contributed by atoms with Crippen molar-refractivity contribution in [3.05, 3.63) is 51.4 Å². The van der Waals surface area contributed by atoms with Gasteiger partial charge in [0.1, 0.15) is 5.69 Å². The van der Waals surface area contributed by atoms with Crippen LogP contribution in [-0.2, 0) is 0 Å². The van der Waals surface area contributed by atoms with E-state index < -0.39 is 0 Å². The van der Waals surface area contributed by atoms with Gasteiger partial charge in [0.25, 0.3) is 0 Å². The summed E-state index contributed by atoms with van der Waals surface area (Å²) in [5.74, 6) is 0.201. The molecule has 0 saturated heterocycles. The van der Waals surface area contributed by atoms with E-state index in [2.05, 4.69) is 15.1 Å². The highest BCUT2D eigenvalue weighted by molar-refractivity contribution is 6.40. The summed E-state index contributed by atoms with van der Waals surface area (Å²) in [6.45, 7) is 1.89. The molecule has 0 radical (unpaired) electrons. The van der Waals surface area contributed by atoms with Crippen molar-refractivity contribution in [3.8, 4) is 16.9 Å². The number of nitrogens with two attached hydrogens (primary N) is 1. The van der Waals surface area contributed by atoms with Crippen LogP contribution in [0.3, 0.4) is 0 Å². The first kappa shape index (κ1) is 15.1. The molecule has 3 rings (SSSR count). The summed E-state index contributed by atoms with van der Waals surface area (Å²) in [4.78, 5) is 8.08. The predicted molar refractivity (Wildman–Crippen MR) is 88.8 cm³/mol. The van der Waals surface area contributed by atoms with E-state index >= 15 is 0 Å². The zero-order valence-electron chi connectivity index (χ0n) is 11.4. The molecule has 112 valence electrons. The number of hydrogen-bond donors (Lipinski definition) is 1. The first-order valence-electron chi connectivity index (χ1n) is 6.26. The first-order valence-corrected chi connectivity index (χ1v) is 7.39. The van der Waals surface area contributed by atoms with Gasteiger partial charge in [0.2, 0.25) is 5.95 Å². The van der Waals surface area contributed by atoms with Crippen molar-refractivity contribution in [2.45, 2.75) is 6.92 Å². The zero-order chi connectivity index (χ0) is 15.9. The van der Waals surface area contributed by atoms with E-state index in [1.165, 1.54) is 0 Å². The van der Waals surface area contributed by atoms with Gasteiger partial charge in [-0.1, -0.05) is 34.8 Å². The Hall–Kier alpha value is -1.82. The second-order valence-corrected chi connectivity index (χ2v) is 5.82. The van der Waals surface area contributed by atoms with Gasteiger partial charge in [0, 0.05) is 16.8 Å². The Bertz CT molecular complexity index is 836. The Morgan fingerprint density at radius 2 is 1.82 bits per heavy atom. The van der Waals surface area contributed by atoms with E-state index in [4.69, 9.17) is 40.5 Å². The van der Waals surface area contributed by atoms with Crippen LogP contribution in [0.1, 0.15) is 5.69 Å². The minimum atomic E-state index is 0.201. The summed E-state index contributed by atoms with van der Waals surface area (Å²) in [5, 5.41) is 5.64. The van der Waals surface area contributed by atoms with Crippen molar-refractivity contribution in [1.29, 1.82) is 0 Å². The molecule has 2 aromatic heterocycles. The van der Waals surface area contributed by atoms with Gasteiger partial charge in [-0.15, -0.1) is 0 Å². The molecule has 0 unspecified atom stereocenters. The van der Waals surface area contributed by atoms with Crippen LogP contribution in [0.2, 0.25) is 15.1 Å². The summed E-state index contributed by atoms with van der Waals surface area (Å²) in [6, 6.07) is 5.00. The molecule has 2 N–H and O–H groups in total. The van der Waals surface area contributed by atoms with Crippen molar-refractivity contribution >= 4 is 40.8 Å². The number of nitrogens with zero attached hydrogens (tertiary/aromatic N) is 4. The maximum Gasteiger partial charge on any atom is 0.220 e. The minimum absolute atomic E-state index is 0.201. The van der Waals surface area contributed by atoms with Gasteiger partial charge in [-0.3, -0.25) is 0 Å². The van der Waals surface area contributed by atoms with Crippen LogP contribution in [-0.4, -0.2) is 19.7 Å². The van der Waals surface area contributed by atoms with Crippen LogP contribution in [0, 0.1) is 6.92 Å². The van der Waals surface area contributed by atoms with Crippen molar-refractivity contribution in [2.24, 2.45) is 0 Å². The Labute approximate surface area is 141 Å². The van der Waals surface area contributed by atoms with Crippen LogP contribution < -0.4 is 5.73 Å². The highest BCUT2D eigenvalue weighted by atomic mass is 35.5. The lowest BCUT2D eigenvalue weighted by molar-refractivity contribution is 0.848. The smallest absolute Gasteiger partial charge is 0.220 e. The summed E-state index contributed by atoms with van der Waals surface area (Å²) < 4.78 is 1.65. The third-order valence-electron chi connectivity index (χ3n) is 3.15. The highest BCUT2D eigenvalue weighted by Gasteiger charge is 2.16. The highest BCUT2D eigenvalue weighted by Crippen LogP contribution is 2.34. The molecule has 0 bridgehead atoms. The topological polar surface area (TPSA) is 69.6 Å². The molecule has 1 aromatic carbocycles. The Morgan fingerprint density at radius 3 is 2.45 bits per heavy atom. The maximum atomic E-state index is 6.25. The molecule has 2 heterocycles. The number of halogens is 3. The molecule has 0 aliphatic heterocycles. The molecule has 0 aliphatic carbocycles. The zero-order valence-corrected chi connectivity index (χ0v) is 13.7. The van der Waals surface area contributed by atoms with Crippen molar-refractivity contribution in [3.63, 3.8) is 0 Å². The van der Waals surface area contributed by atoms with Crippen LogP contribution in [0.15, 0.2) is 30.6 Å². The monoisotopic (exact) mass is 353 g/mol. The number of nitrogen functional groups attached to an aromatic ring is 1. The lowest BCUT2D eigenvalue weighted by Gasteiger charge is -2.10. The second kappa shape index (κ2) is 5.76. The van der Waals surface area contributed by atoms with E-state index in [1.807, 2.05) is 6.92 Å². The Balaban J connectivity index is 2.16. The first-order chi connectivity index (χ1) is 10.5. The minimum Gasteiger partial charge on any atom is -0.368 e. The molecule has 3 aromatic rings.